The molecule has 0 unspecified atom stereocenters. The zero-order valence-electron chi connectivity index (χ0n) is 15.9. The van der Waals surface area contributed by atoms with E-state index in [2.05, 4.69) is 17.6 Å². The number of nitrogens with two attached hydrogens (primary N) is 1. The standard InChI is InChI=1S/C20H30N3O3/c1-4-5-6-15-7-9-16(10-8-15)19(25)23-17(13-18(21)24)20(26)22-12-11-14(2)3/h7-10,12,14,17H,4-6,11,13H2,1-3H3,(H2,21,24)(H,22,26)(H,23,25)/t17-/m0/s1. The van der Waals surface area contributed by atoms with Crippen molar-refractivity contribution in [3.63, 3.8) is 0 Å². The fraction of sp³-hybridized carbons (Fsp3) is 0.500. The lowest BCUT2D eigenvalue weighted by Gasteiger charge is -2.17. The van der Waals surface area contributed by atoms with Gasteiger partial charge in [-0.1, -0.05) is 39.3 Å². The lowest BCUT2D eigenvalue weighted by molar-refractivity contribution is -0.126. The number of benzene rings is 1. The second kappa shape index (κ2) is 11.3. The van der Waals surface area contributed by atoms with Crippen LogP contribution in [0.5, 0.6) is 0 Å². The number of nitrogens with one attached hydrogen (secondary N) is 2. The monoisotopic (exact) mass is 360 g/mol. The Balaban J connectivity index is 2.69. The van der Waals surface area contributed by atoms with Gasteiger partial charge in [0, 0.05) is 12.1 Å². The molecule has 3 amide bonds. The van der Waals surface area contributed by atoms with Crippen molar-refractivity contribution >= 4 is 17.7 Å². The van der Waals surface area contributed by atoms with Crippen molar-refractivity contribution in [3.8, 4) is 0 Å². The van der Waals surface area contributed by atoms with Gasteiger partial charge in [0.05, 0.1) is 6.42 Å². The maximum atomic E-state index is 12.4. The number of carbonyl (C=O) groups is 3. The van der Waals surface area contributed by atoms with Crippen LogP contribution in [-0.4, -0.2) is 23.8 Å². The first-order valence-electron chi connectivity index (χ1n) is 9.13. The number of carbonyl (C=O) groups excluding carboxylic acids is 3. The summed E-state index contributed by atoms with van der Waals surface area (Å²) < 4.78 is 0. The molecule has 0 bridgehead atoms. The third-order valence-electron chi connectivity index (χ3n) is 3.90. The molecular weight excluding hydrogens is 330 g/mol. The Morgan fingerprint density at radius 2 is 1.81 bits per heavy atom. The van der Waals surface area contributed by atoms with E-state index in [-0.39, 0.29) is 6.42 Å². The van der Waals surface area contributed by atoms with Crippen molar-refractivity contribution in [3.05, 3.63) is 41.9 Å². The molecule has 1 radical (unpaired) electrons. The van der Waals surface area contributed by atoms with Crippen LogP contribution in [-0.2, 0) is 16.0 Å². The van der Waals surface area contributed by atoms with Crippen LogP contribution in [0.15, 0.2) is 24.3 Å². The minimum absolute atomic E-state index is 0.248. The molecule has 0 aliphatic carbocycles. The Kier molecular flexibility index (Phi) is 9.41. The molecule has 1 atom stereocenters. The molecule has 1 aromatic rings. The largest absolute Gasteiger partial charge is 0.370 e. The smallest absolute Gasteiger partial charge is 0.251 e. The Labute approximate surface area is 155 Å². The first kappa shape index (κ1) is 21.7. The van der Waals surface area contributed by atoms with Gasteiger partial charge < -0.3 is 16.4 Å². The van der Waals surface area contributed by atoms with E-state index in [4.69, 9.17) is 5.73 Å². The summed E-state index contributed by atoms with van der Waals surface area (Å²) in [5.41, 5.74) is 6.82. The maximum absolute atomic E-state index is 12.4. The highest BCUT2D eigenvalue weighted by molar-refractivity contribution is 5.98. The number of primary amides is 1. The molecule has 26 heavy (non-hydrogen) atoms. The molecule has 0 heterocycles. The summed E-state index contributed by atoms with van der Waals surface area (Å²) in [6, 6.07) is 6.27. The molecule has 0 aliphatic heterocycles. The van der Waals surface area contributed by atoms with E-state index in [0.29, 0.717) is 17.9 Å². The highest BCUT2D eigenvalue weighted by atomic mass is 16.2. The van der Waals surface area contributed by atoms with Crippen LogP contribution in [0.2, 0.25) is 0 Å². The van der Waals surface area contributed by atoms with Gasteiger partial charge in [0.1, 0.15) is 6.04 Å². The molecule has 1 rings (SSSR count). The Morgan fingerprint density at radius 3 is 2.35 bits per heavy atom. The van der Waals surface area contributed by atoms with E-state index in [9.17, 15) is 14.4 Å². The van der Waals surface area contributed by atoms with Crippen LogP contribution < -0.4 is 16.4 Å². The number of hydrogen-bond acceptors (Lipinski definition) is 3. The van der Waals surface area contributed by atoms with Crippen LogP contribution in [0.4, 0.5) is 0 Å². The summed E-state index contributed by atoms with van der Waals surface area (Å²) in [4.78, 5) is 35.9. The van der Waals surface area contributed by atoms with Crippen LogP contribution in [0.3, 0.4) is 0 Å². The third-order valence-corrected chi connectivity index (χ3v) is 3.90. The van der Waals surface area contributed by atoms with Gasteiger partial charge in [-0.15, -0.1) is 0 Å². The van der Waals surface area contributed by atoms with Gasteiger partial charge in [0.15, 0.2) is 0 Å². The van der Waals surface area contributed by atoms with Gasteiger partial charge in [0.25, 0.3) is 5.91 Å². The number of amides is 3. The van der Waals surface area contributed by atoms with Gasteiger partial charge in [0.2, 0.25) is 11.8 Å². The molecule has 1 aromatic carbocycles. The summed E-state index contributed by atoms with van der Waals surface area (Å²) in [5, 5.41) is 5.22. The van der Waals surface area contributed by atoms with Crippen LogP contribution in [0, 0.1) is 12.5 Å². The lowest BCUT2D eigenvalue weighted by Crippen LogP contribution is -2.48. The average Bonchev–Trinajstić information content (AvgIpc) is 2.58. The summed E-state index contributed by atoms with van der Waals surface area (Å²) in [5.74, 6) is -1.11. The predicted molar refractivity (Wildman–Crippen MR) is 102 cm³/mol. The fourth-order valence-corrected chi connectivity index (χ4v) is 2.35. The zero-order valence-corrected chi connectivity index (χ0v) is 15.9. The van der Waals surface area contributed by atoms with Crippen LogP contribution in [0.25, 0.3) is 0 Å². The van der Waals surface area contributed by atoms with Crippen molar-refractivity contribution in [2.45, 2.75) is 58.9 Å². The molecule has 4 N–H and O–H groups in total. The van der Waals surface area contributed by atoms with E-state index >= 15 is 0 Å². The fourth-order valence-electron chi connectivity index (χ4n) is 2.35. The van der Waals surface area contributed by atoms with E-state index in [1.54, 1.807) is 18.7 Å². The normalized spacial score (nSPS) is 11.8. The van der Waals surface area contributed by atoms with Crippen molar-refractivity contribution in [1.29, 1.82) is 0 Å². The van der Waals surface area contributed by atoms with E-state index in [0.717, 1.165) is 24.8 Å². The highest BCUT2D eigenvalue weighted by Crippen LogP contribution is 2.09. The predicted octanol–water partition coefficient (Wildman–Crippen LogP) is 2.33. The number of hydrogen-bond donors (Lipinski definition) is 3. The van der Waals surface area contributed by atoms with Crippen molar-refractivity contribution in [2.75, 3.05) is 0 Å². The molecule has 0 saturated heterocycles. The van der Waals surface area contributed by atoms with E-state index in [1.807, 2.05) is 26.0 Å². The molecule has 143 valence electrons. The summed E-state index contributed by atoms with van der Waals surface area (Å²) in [7, 11) is 0. The van der Waals surface area contributed by atoms with E-state index in [1.165, 1.54) is 0 Å². The quantitative estimate of drug-likeness (QED) is 0.564. The second-order valence-electron chi connectivity index (χ2n) is 6.84. The highest BCUT2D eigenvalue weighted by Gasteiger charge is 2.23. The van der Waals surface area contributed by atoms with Gasteiger partial charge in [-0.25, -0.2) is 0 Å². The molecule has 6 nitrogen and oxygen atoms in total. The van der Waals surface area contributed by atoms with E-state index < -0.39 is 23.8 Å². The van der Waals surface area contributed by atoms with Gasteiger partial charge in [-0.3, -0.25) is 14.4 Å². The molecular formula is C20H30N3O3. The van der Waals surface area contributed by atoms with Crippen molar-refractivity contribution in [2.24, 2.45) is 11.7 Å². The van der Waals surface area contributed by atoms with Crippen LogP contribution >= 0.6 is 0 Å². The lowest BCUT2D eigenvalue weighted by atomic mass is 10.1. The topological polar surface area (TPSA) is 101 Å². The zero-order chi connectivity index (χ0) is 19.5. The molecule has 0 aliphatic rings. The number of unbranched alkanes of at least 4 members (excludes halogenated alkanes) is 1. The summed E-state index contributed by atoms with van der Waals surface area (Å²) >= 11 is 0. The Morgan fingerprint density at radius 1 is 1.15 bits per heavy atom. The molecule has 0 fully saturated rings. The summed E-state index contributed by atoms with van der Waals surface area (Å²) in [6.45, 7) is 7.81. The first-order chi connectivity index (χ1) is 12.3. The number of aryl methyl sites for hydroxylation is 1. The van der Waals surface area contributed by atoms with Gasteiger partial charge in [-0.05, 0) is 42.9 Å². The minimum Gasteiger partial charge on any atom is -0.370 e. The van der Waals surface area contributed by atoms with Gasteiger partial charge in [-0.2, -0.15) is 0 Å². The molecule has 0 spiro atoms. The third kappa shape index (κ3) is 8.14. The SMILES string of the molecule is CCCCc1ccc(C(=O)N[C@@H](CC(N)=O)C(=O)N[CH]CC(C)C)cc1. The average molecular weight is 360 g/mol. The van der Waals surface area contributed by atoms with Crippen LogP contribution in [0.1, 0.15) is 62.4 Å². The maximum Gasteiger partial charge on any atom is 0.251 e. The first-order valence-corrected chi connectivity index (χ1v) is 9.13. The minimum atomic E-state index is -0.997. The van der Waals surface area contributed by atoms with Crippen molar-refractivity contribution < 1.29 is 14.4 Å². The molecule has 0 aromatic heterocycles. The molecule has 0 saturated carbocycles. The summed E-state index contributed by atoms with van der Waals surface area (Å²) in [6.07, 6.45) is 3.62. The Hall–Kier alpha value is -2.37. The number of rotatable bonds is 11. The Bertz CT molecular complexity index is 597. The van der Waals surface area contributed by atoms with Gasteiger partial charge >= 0.3 is 0 Å². The van der Waals surface area contributed by atoms with Crippen molar-refractivity contribution in [1.82, 2.24) is 10.6 Å². The molecule has 6 heteroatoms. The second-order valence-corrected chi connectivity index (χ2v) is 6.84.